The van der Waals surface area contributed by atoms with Crippen molar-refractivity contribution >= 4 is 32.6 Å². The smallest absolute Gasteiger partial charge is 0.272 e. The van der Waals surface area contributed by atoms with Gasteiger partial charge in [0.25, 0.3) is 5.92 Å². The first-order valence-electron chi connectivity index (χ1n) is 12.3. The van der Waals surface area contributed by atoms with Crippen molar-refractivity contribution in [3.05, 3.63) is 36.4 Å². The number of aliphatic hydroxyl groups is 1. The van der Waals surface area contributed by atoms with E-state index in [0.717, 1.165) is 40.6 Å². The Morgan fingerprint density at radius 1 is 1.19 bits per heavy atom. The molecule has 1 aliphatic heterocycles. The quantitative estimate of drug-likeness (QED) is 0.493. The van der Waals surface area contributed by atoms with Gasteiger partial charge in [-0.3, -0.25) is 9.69 Å². The van der Waals surface area contributed by atoms with Crippen LogP contribution in [0.3, 0.4) is 0 Å². The molecular weight excluding hydrogens is 488 g/mol. The Hall–Kier alpha value is -2.60. The molecule has 3 heterocycles. The van der Waals surface area contributed by atoms with Gasteiger partial charge in [-0.25, -0.2) is 23.7 Å². The van der Waals surface area contributed by atoms with Crippen LogP contribution in [-0.2, 0) is 16.1 Å². The van der Waals surface area contributed by atoms with Crippen LogP contribution < -0.4 is 5.32 Å². The monoisotopic (exact) mass is 515 g/mol. The number of nitrogens with one attached hydrogen (secondary N) is 1. The topological polar surface area (TPSA) is 100 Å². The molecular formula is C25H27F2N5O3S. The van der Waals surface area contributed by atoms with Crippen LogP contribution in [0.15, 0.2) is 30.6 Å². The lowest BCUT2D eigenvalue weighted by Gasteiger charge is -2.49. The maximum Gasteiger partial charge on any atom is 0.272 e. The number of fused-ring (bicyclic) bond motifs is 1. The number of halogens is 2. The fourth-order valence-corrected chi connectivity index (χ4v) is 6.04. The zero-order valence-corrected chi connectivity index (χ0v) is 20.4. The highest BCUT2D eigenvalue weighted by atomic mass is 32.1. The molecule has 3 aliphatic rings. The number of thiazole rings is 1. The Labute approximate surface area is 210 Å². The van der Waals surface area contributed by atoms with Gasteiger partial charge in [0.2, 0.25) is 5.91 Å². The van der Waals surface area contributed by atoms with Crippen LogP contribution in [0, 0.1) is 5.92 Å². The van der Waals surface area contributed by atoms with Gasteiger partial charge in [0, 0.05) is 29.9 Å². The zero-order valence-electron chi connectivity index (χ0n) is 19.6. The third-order valence-corrected chi connectivity index (χ3v) is 8.30. The molecule has 2 saturated carbocycles. The first kappa shape index (κ1) is 23.8. The van der Waals surface area contributed by atoms with E-state index >= 15 is 0 Å². The van der Waals surface area contributed by atoms with E-state index in [1.165, 1.54) is 11.3 Å². The Balaban J connectivity index is 1.05. The minimum absolute atomic E-state index is 0.0766. The van der Waals surface area contributed by atoms with Crippen LogP contribution in [-0.4, -0.2) is 68.1 Å². The van der Waals surface area contributed by atoms with E-state index in [0.29, 0.717) is 23.8 Å². The molecule has 3 aromatic rings. The first-order chi connectivity index (χ1) is 17.3. The predicted octanol–water partition coefficient (Wildman–Crippen LogP) is 3.85. The Kier molecular flexibility index (Phi) is 6.19. The van der Waals surface area contributed by atoms with Crippen LogP contribution in [0.25, 0.3) is 21.3 Å². The summed E-state index contributed by atoms with van der Waals surface area (Å²) >= 11 is 1.40. The molecule has 3 fully saturated rings. The molecule has 0 radical (unpaired) electrons. The summed E-state index contributed by atoms with van der Waals surface area (Å²) in [6, 6.07) is 5.92. The van der Waals surface area contributed by atoms with E-state index in [2.05, 4.69) is 20.3 Å². The summed E-state index contributed by atoms with van der Waals surface area (Å²) in [7, 11) is 0. The van der Waals surface area contributed by atoms with Crippen molar-refractivity contribution in [3.8, 4) is 11.1 Å². The average molecular weight is 516 g/mol. The number of nitrogens with zero attached hydrogens (tertiary/aromatic N) is 4. The molecule has 36 heavy (non-hydrogen) atoms. The number of benzene rings is 1. The van der Waals surface area contributed by atoms with Gasteiger partial charge < -0.3 is 15.2 Å². The summed E-state index contributed by atoms with van der Waals surface area (Å²) in [4.78, 5) is 27.7. The third-order valence-electron chi connectivity index (χ3n) is 7.37. The van der Waals surface area contributed by atoms with Gasteiger partial charge in [0.05, 0.1) is 35.5 Å². The van der Waals surface area contributed by atoms with Gasteiger partial charge in [0.15, 0.2) is 11.0 Å². The lowest BCUT2D eigenvalue weighted by molar-refractivity contribution is -0.163. The number of rotatable bonds is 7. The Morgan fingerprint density at radius 3 is 2.67 bits per heavy atom. The fourth-order valence-electron chi connectivity index (χ4n) is 5.13. The lowest BCUT2D eigenvalue weighted by Crippen LogP contribution is -2.63. The highest BCUT2D eigenvalue weighted by Gasteiger charge is 2.50. The van der Waals surface area contributed by atoms with Crippen molar-refractivity contribution in [1.29, 1.82) is 0 Å². The number of aliphatic hydroxyl groups excluding tert-OH is 1. The zero-order chi connectivity index (χ0) is 24.9. The minimum Gasteiger partial charge on any atom is -0.390 e. The van der Waals surface area contributed by atoms with Crippen LogP contribution in [0.4, 0.5) is 13.9 Å². The van der Waals surface area contributed by atoms with E-state index in [4.69, 9.17) is 4.74 Å². The molecule has 11 heteroatoms. The molecule has 6 rings (SSSR count). The van der Waals surface area contributed by atoms with Gasteiger partial charge in [-0.15, -0.1) is 0 Å². The molecule has 2 aromatic heterocycles. The van der Waals surface area contributed by atoms with E-state index in [1.807, 2.05) is 18.2 Å². The molecule has 190 valence electrons. The van der Waals surface area contributed by atoms with Crippen molar-refractivity contribution in [3.63, 3.8) is 0 Å². The summed E-state index contributed by atoms with van der Waals surface area (Å²) in [6.07, 6.45) is 6.79. The standard InChI is InChI=1S/C25H27F2N5O3S/c26-25(27)12-32(13-25)17-6-15(7-17)23(34)31-24-30-18-5-4-14(8-21(18)36-24)16-9-28-22(29-10-16)11-35-20-3-1-2-19(20)33/h4-5,8-10,15,17,19-20,33H,1-3,6-7,11-13H2,(H,30,31,34)/t15?,17?,19-,20-/m0/s1. The SMILES string of the molecule is O=C(Nc1nc2ccc(-c3cnc(CO[C@H]4CCC[C@@H]4O)nc3)cc2s1)C1CC(N2CC(F)(F)C2)C1. The largest absolute Gasteiger partial charge is 0.390 e. The summed E-state index contributed by atoms with van der Waals surface area (Å²) in [5.41, 5.74) is 2.59. The number of alkyl halides is 2. The second kappa shape index (κ2) is 9.37. The molecule has 0 unspecified atom stereocenters. The number of likely N-dealkylation sites (tertiary alicyclic amines) is 1. The Bertz CT molecular complexity index is 1260. The van der Waals surface area contributed by atoms with Gasteiger partial charge in [-0.2, -0.15) is 0 Å². The summed E-state index contributed by atoms with van der Waals surface area (Å²) in [5, 5.41) is 13.3. The van der Waals surface area contributed by atoms with Gasteiger partial charge in [0.1, 0.15) is 6.61 Å². The predicted molar refractivity (Wildman–Crippen MR) is 131 cm³/mol. The van der Waals surface area contributed by atoms with Crippen LogP contribution in [0.5, 0.6) is 0 Å². The first-order valence-corrected chi connectivity index (χ1v) is 13.1. The number of aromatic nitrogens is 3. The lowest BCUT2D eigenvalue weighted by atomic mass is 9.77. The maximum atomic E-state index is 13.1. The summed E-state index contributed by atoms with van der Waals surface area (Å²) in [5.74, 6) is -2.27. The van der Waals surface area contributed by atoms with Crippen molar-refractivity contribution < 1.29 is 23.4 Å². The summed E-state index contributed by atoms with van der Waals surface area (Å²) < 4.78 is 32.8. The summed E-state index contributed by atoms with van der Waals surface area (Å²) in [6.45, 7) is -0.123. The number of anilines is 1. The number of hydrogen-bond acceptors (Lipinski definition) is 8. The van der Waals surface area contributed by atoms with Crippen LogP contribution >= 0.6 is 11.3 Å². The van der Waals surface area contributed by atoms with Gasteiger partial charge >= 0.3 is 0 Å². The van der Waals surface area contributed by atoms with E-state index in [9.17, 15) is 18.7 Å². The fraction of sp³-hybridized carbons (Fsp3) is 0.520. The molecule has 1 amide bonds. The average Bonchev–Trinajstić information content (AvgIpc) is 3.40. The molecule has 1 saturated heterocycles. The second-order valence-corrected chi connectivity index (χ2v) is 11.0. The van der Waals surface area contributed by atoms with Crippen LogP contribution in [0.1, 0.15) is 37.9 Å². The number of amides is 1. The molecule has 0 spiro atoms. The van der Waals surface area contributed by atoms with Crippen molar-refractivity contribution in [1.82, 2.24) is 19.9 Å². The molecule has 1 aromatic carbocycles. The maximum absolute atomic E-state index is 13.1. The highest BCUT2D eigenvalue weighted by molar-refractivity contribution is 7.22. The van der Waals surface area contributed by atoms with Gasteiger partial charge in [-0.1, -0.05) is 17.4 Å². The Morgan fingerprint density at radius 2 is 1.97 bits per heavy atom. The molecule has 2 aliphatic carbocycles. The minimum atomic E-state index is -2.57. The second-order valence-electron chi connectivity index (χ2n) is 10.0. The highest BCUT2D eigenvalue weighted by Crippen LogP contribution is 2.39. The van der Waals surface area contributed by atoms with Crippen molar-refractivity contribution in [2.24, 2.45) is 5.92 Å². The number of hydrogen-bond donors (Lipinski definition) is 2. The van der Waals surface area contributed by atoms with Gasteiger partial charge in [-0.05, 0) is 49.8 Å². The van der Waals surface area contributed by atoms with E-state index in [-0.39, 0.29) is 43.7 Å². The number of carbonyl (C=O) groups is 1. The van der Waals surface area contributed by atoms with Crippen molar-refractivity contribution in [2.45, 2.75) is 62.9 Å². The normalized spacial score (nSPS) is 27.5. The number of ether oxygens (including phenoxy) is 1. The molecule has 8 nitrogen and oxygen atoms in total. The molecule has 2 atom stereocenters. The van der Waals surface area contributed by atoms with Crippen LogP contribution in [0.2, 0.25) is 0 Å². The van der Waals surface area contributed by atoms with E-state index in [1.54, 1.807) is 17.3 Å². The molecule has 2 N–H and O–H groups in total. The molecule has 0 bridgehead atoms. The van der Waals surface area contributed by atoms with Crippen molar-refractivity contribution in [2.75, 3.05) is 18.4 Å². The number of carbonyl (C=O) groups excluding carboxylic acids is 1. The third kappa shape index (κ3) is 4.84. The van der Waals surface area contributed by atoms with E-state index < -0.39 is 12.0 Å².